The predicted octanol–water partition coefficient (Wildman–Crippen LogP) is 9.80. The van der Waals surface area contributed by atoms with Gasteiger partial charge >= 0.3 is 236 Å². The number of hydrogen-bond acceptors (Lipinski definition) is 4. The van der Waals surface area contributed by atoms with E-state index in [-0.39, 0.29) is 14.5 Å². The number of para-hydroxylation sites is 2. The average molecular weight is 629 g/mol. The third kappa shape index (κ3) is 4.10. The molecule has 9 aromatic rings. The van der Waals surface area contributed by atoms with Crippen LogP contribution in [-0.2, 0) is 0 Å². The molecule has 0 bridgehead atoms. The van der Waals surface area contributed by atoms with Crippen molar-refractivity contribution in [3.05, 3.63) is 140 Å². The molecule has 0 radical (unpaired) electrons. The maximum absolute atomic E-state index is 6.37. The predicted molar refractivity (Wildman–Crippen MR) is 181 cm³/mol. The summed E-state index contributed by atoms with van der Waals surface area (Å²) in [6, 6.07) is 48.3. The van der Waals surface area contributed by atoms with Crippen molar-refractivity contribution in [2.45, 2.75) is 0 Å². The van der Waals surface area contributed by atoms with E-state index in [2.05, 4.69) is 109 Å². The van der Waals surface area contributed by atoms with E-state index in [1.807, 2.05) is 30.3 Å². The molecular weight excluding hydrogens is 605 g/mol. The van der Waals surface area contributed by atoms with Gasteiger partial charge in [-0.15, -0.1) is 0 Å². The van der Waals surface area contributed by atoms with Gasteiger partial charge in [0, 0.05) is 0 Å². The van der Waals surface area contributed by atoms with Crippen molar-refractivity contribution in [2.75, 3.05) is 0 Å². The Balaban J connectivity index is 1.25. The van der Waals surface area contributed by atoms with E-state index in [1.165, 1.54) is 19.3 Å². The minimum atomic E-state index is 0.174. The van der Waals surface area contributed by atoms with Gasteiger partial charge in [0.25, 0.3) is 0 Å². The summed E-state index contributed by atoms with van der Waals surface area (Å²) >= 11 is 0.174. The first-order valence-electron chi connectivity index (χ1n) is 14.5. The molecule has 0 N–H and O–H groups in total. The van der Waals surface area contributed by atoms with Gasteiger partial charge in [0.1, 0.15) is 0 Å². The Hall–Kier alpha value is -5.35. The molecule has 0 aliphatic heterocycles. The van der Waals surface area contributed by atoms with Gasteiger partial charge in [-0.1, -0.05) is 18.2 Å². The van der Waals surface area contributed by atoms with Gasteiger partial charge in [0.2, 0.25) is 0 Å². The third-order valence-electron chi connectivity index (χ3n) is 8.15. The second-order valence-corrected chi connectivity index (χ2v) is 13.0. The number of aromatic nitrogens is 3. The Kier molecular flexibility index (Phi) is 5.80. The first-order chi connectivity index (χ1) is 21.8. The fraction of sp³-hybridized carbons (Fsp3) is 0. The molecule has 0 unspecified atom stereocenters. The number of nitrogens with zero attached hydrogens (tertiary/aromatic N) is 3. The van der Waals surface area contributed by atoms with Gasteiger partial charge in [-0.3, -0.25) is 0 Å². The van der Waals surface area contributed by atoms with E-state index in [1.54, 1.807) is 0 Å². The van der Waals surface area contributed by atoms with Crippen LogP contribution in [0.5, 0.6) is 0 Å². The van der Waals surface area contributed by atoms with E-state index in [4.69, 9.17) is 19.4 Å². The van der Waals surface area contributed by atoms with E-state index >= 15 is 0 Å². The summed E-state index contributed by atoms with van der Waals surface area (Å²) in [7, 11) is 0. The standard InChI is InChI=1S/C39H23N3OSe/c1-2-11-24(12-3-1)37-40-38(42-39(41-37)32-20-10-19-31-29-16-5-7-22-34(29)44-36(31)32)26-14-8-13-25(23-26)27-17-9-18-30-28-15-4-6-21-33(28)43-35(27)30/h1-23H. The van der Waals surface area contributed by atoms with Gasteiger partial charge in [0.15, 0.2) is 0 Å². The van der Waals surface area contributed by atoms with Crippen LogP contribution in [0, 0.1) is 0 Å². The Morgan fingerprint density at radius 3 is 1.93 bits per heavy atom. The molecule has 0 spiro atoms. The third-order valence-corrected chi connectivity index (χ3v) is 10.7. The summed E-state index contributed by atoms with van der Waals surface area (Å²) in [6.45, 7) is 0. The SMILES string of the molecule is c1ccc(-c2nc(-c3cccc(-c4cccc5c4oc4ccccc45)c3)nc(-c3cccc4c3[se]c3ccccc34)n2)cc1. The summed E-state index contributed by atoms with van der Waals surface area (Å²) < 4.78 is 9.08. The van der Waals surface area contributed by atoms with Crippen LogP contribution < -0.4 is 0 Å². The molecule has 206 valence electrons. The number of benzene rings is 6. The summed E-state index contributed by atoms with van der Waals surface area (Å²) in [6.07, 6.45) is 0. The Morgan fingerprint density at radius 1 is 0.432 bits per heavy atom. The molecule has 3 heterocycles. The number of furan rings is 1. The molecular formula is C39H23N3OSe. The molecule has 0 fully saturated rings. The molecule has 4 nitrogen and oxygen atoms in total. The molecule has 5 heteroatoms. The van der Waals surface area contributed by atoms with Crippen LogP contribution in [0.15, 0.2) is 144 Å². The number of fused-ring (bicyclic) bond motifs is 6. The summed E-state index contributed by atoms with van der Waals surface area (Å²) in [5.41, 5.74) is 6.82. The Labute approximate surface area is 259 Å². The van der Waals surface area contributed by atoms with Crippen molar-refractivity contribution in [3.63, 3.8) is 0 Å². The van der Waals surface area contributed by atoms with Crippen LogP contribution in [0.3, 0.4) is 0 Å². The molecule has 44 heavy (non-hydrogen) atoms. The van der Waals surface area contributed by atoms with Crippen LogP contribution in [0.2, 0.25) is 0 Å². The van der Waals surface area contributed by atoms with Crippen LogP contribution >= 0.6 is 0 Å². The summed E-state index contributed by atoms with van der Waals surface area (Å²) in [5.74, 6) is 2.01. The van der Waals surface area contributed by atoms with Crippen molar-refractivity contribution < 1.29 is 4.42 Å². The minimum absolute atomic E-state index is 0.174. The van der Waals surface area contributed by atoms with Crippen molar-refractivity contribution in [2.24, 2.45) is 0 Å². The second-order valence-electron chi connectivity index (χ2n) is 10.8. The Bertz CT molecular complexity index is 2510. The normalized spacial score (nSPS) is 11.6. The van der Waals surface area contributed by atoms with E-state index in [0.717, 1.165) is 49.8 Å². The molecule has 0 saturated heterocycles. The van der Waals surface area contributed by atoms with Crippen LogP contribution in [0.25, 0.3) is 86.5 Å². The zero-order valence-electron chi connectivity index (χ0n) is 23.4. The zero-order valence-corrected chi connectivity index (χ0v) is 25.2. The topological polar surface area (TPSA) is 51.8 Å². The van der Waals surface area contributed by atoms with Crippen LogP contribution in [-0.4, -0.2) is 29.5 Å². The second kappa shape index (κ2) is 10.1. The van der Waals surface area contributed by atoms with Gasteiger partial charge in [-0.05, 0) is 6.07 Å². The average Bonchev–Trinajstić information content (AvgIpc) is 3.67. The van der Waals surface area contributed by atoms with Crippen molar-refractivity contribution >= 4 is 55.7 Å². The maximum atomic E-state index is 6.37. The summed E-state index contributed by atoms with van der Waals surface area (Å²) in [4.78, 5) is 15.2. The van der Waals surface area contributed by atoms with Crippen molar-refractivity contribution in [3.8, 4) is 45.3 Å². The quantitative estimate of drug-likeness (QED) is 0.182. The summed E-state index contributed by atoms with van der Waals surface area (Å²) in [5, 5.41) is 4.82. The van der Waals surface area contributed by atoms with Crippen molar-refractivity contribution in [1.82, 2.24) is 15.0 Å². The van der Waals surface area contributed by atoms with Gasteiger partial charge in [0.05, 0.1) is 0 Å². The number of rotatable bonds is 4. The molecule has 6 aromatic carbocycles. The molecule has 0 aliphatic carbocycles. The molecule has 3 aromatic heterocycles. The van der Waals surface area contributed by atoms with E-state index in [0.29, 0.717) is 17.5 Å². The van der Waals surface area contributed by atoms with Gasteiger partial charge in [-0.2, -0.15) is 0 Å². The fourth-order valence-corrected chi connectivity index (χ4v) is 8.61. The molecule has 0 amide bonds. The van der Waals surface area contributed by atoms with Gasteiger partial charge < -0.3 is 0 Å². The van der Waals surface area contributed by atoms with E-state index < -0.39 is 0 Å². The molecule has 0 atom stereocenters. The molecule has 0 saturated carbocycles. The van der Waals surface area contributed by atoms with Crippen molar-refractivity contribution in [1.29, 1.82) is 0 Å². The van der Waals surface area contributed by atoms with Crippen LogP contribution in [0.4, 0.5) is 0 Å². The number of hydrogen-bond donors (Lipinski definition) is 0. The zero-order chi connectivity index (χ0) is 29.0. The first kappa shape index (κ1) is 25.2. The fourth-order valence-electron chi connectivity index (χ4n) is 6.07. The monoisotopic (exact) mass is 629 g/mol. The van der Waals surface area contributed by atoms with Crippen LogP contribution in [0.1, 0.15) is 0 Å². The molecule has 0 aliphatic rings. The molecule has 9 rings (SSSR count). The first-order valence-corrected chi connectivity index (χ1v) is 16.2. The van der Waals surface area contributed by atoms with Gasteiger partial charge in [-0.25, -0.2) is 0 Å². The van der Waals surface area contributed by atoms with E-state index in [9.17, 15) is 0 Å². The Morgan fingerprint density at radius 2 is 1.05 bits per heavy atom.